The van der Waals surface area contributed by atoms with Gasteiger partial charge in [0.25, 0.3) is 0 Å². The molecule has 2 aliphatic heterocycles. The van der Waals surface area contributed by atoms with Crippen LogP contribution in [-0.2, 0) is 23.5 Å². The van der Waals surface area contributed by atoms with E-state index in [1.165, 1.54) is 16.7 Å². The lowest BCUT2D eigenvalue weighted by molar-refractivity contribution is -0.152. The molecule has 2 amide bonds. The Morgan fingerprint density at radius 1 is 1.44 bits per heavy atom. The van der Waals surface area contributed by atoms with Gasteiger partial charge >= 0.3 is 13.6 Å². The monoisotopic (exact) mass is 434 g/mol. The first-order valence-electron chi connectivity index (χ1n) is 7.96. The van der Waals surface area contributed by atoms with Crippen LogP contribution in [0.2, 0.25) is 0 Å². The maximum atomic E-state index is 12.6. The molecule has 2 aliphatic rings. The summed E-state index contributed by atoms with van der Waals surface area (Å²) in [6.07, 6.45) is 0. The number of thioether (sulfide) groups is 1. The number of carbonyl (C=O) groups excluding carboxylic acids is 2. The lowest BCUT2D eigenvalue weighted by Gasteiger charge is -2.45. The molecule has 12 heteroatoms. The molecule has 2 fully saturated rings. The highest BCUT2D eigenvalue weighted by molar-refractivity contribution is 8.02. The third-order valence-electron chi connectivity index (χ3n) is 4.59. The molecular weight excluding hydrogens is 415 g/mol. The van der Waals surface area contributed by atoms with E-state index in [0.717, 1.165) is 18.4 Å². The lowest BCUT2D eigenvalue weighted by atomic mass is 10.0. The van der Waals surface area contributed by atoms with Gasteiger partial charge in [0.1, 0.15) is 17.2 Å². The van der Waals surface area contributed by atoms with E-state index in [4.69, 9.17) is 4.52 Å². The van der Waals surface area contributed by atoms with Gasteiger partial charge in [0, 0.05) is 16.7 Å². The molecule has 0 saturated carbocycles. The minimum atomic E-state index is -4.08. The number of hydrogen-bond donors (Lipinski definition) is 3. The smallest absolute Gasteiger partial charge is 0.351 e. The molecule has 1 aromatic heterocycles. The van der Waals surface area contributed by atoms with E-state index < -0.39 is 53.2 Å². The molecule has 27 heavy (non-hydrogen) atoms. The Balaban J connectivity index is 1.79. The molecule has 0 bridgehead atoms. The molecule has 0 aliphatic carbocycles. The van der Waals surface area contributed by atoms with Crippen LogP contribution >= 0.6 is 30.7 Å². The zero-order valence-corrected chi connectivity index (χ0v) is 17.2. The van der Waals surface area contributed by atoms with Gasteiger partial charge in [-0.2, -0.15) is 0 Å². The highest BCUT2D eigenvalue weighted by Gasteiger charge is 2.67. The Morgan fingerprint density at radius 2 is 2.11 bits per heavy atom. The molecule has 0 aromatic carbocycles. The van der Waals surface area contributed by atoms with Crippen LogP contribution in [0.3, 0.4) is 0 Å². The lowest BCUT2D eigenvalue weighted by Crippen LogP contribution is -2.69. The zero-order chi connectivity index (χ0) is 20.1. The molecule has 2 saturated heterocycles. The molecule has 3 rings (SSSR count). The molecule has 4 unspecified atom stereocenters. The van der Waals surface area contributed by atoms with Crippen molar-refractivity contribution in [2.45, 2.75) is 41.7 Å². The van der Waals surface area contributed by atoms with E-state index in [1.807, 2.05) is 0 Å². The molecular formula is C15H19N2O7PS2. The number of nitrogens with one attached hydrogen (secondary N) is 1. The number of amides is 2. The molecule has 0 spiro atoms. The predicted molar refractivity (Wildman–Crippen MR) is 99.6 cm³/mol. The molecule has 9 nitrogen and oxygen atoms in total. The van der Waals surface area contributed by atoms with Gasteiger partial charge in [0.2, 0.25) is 11.8 Å². The van der Waals surface area contributed by atoms with Gasteiger partial charge in [0.15, 0.2) is 5.92 Å². The van der Waals surface area contributed by atoms with E-state index in [2.05, 4.69) is 5.32 Å². The minimum Gasteiger partial charge on any atom is -0.480 e. The van der Waals surface area contributed by atoms with Crippen molar-refractivity contribution >= 4 is 48.5 Å². The molecule has 5 atom stereocenters. The Hall–Kier alpha value is -1.39. The van der Waals surface area contributed by atoms with Crippen molar-refractivity contribution in [2.24, 2.45) is 0 Å². The van der Waals surface area contributed by atoms with Gasteiger partial charge < -0.3 is 24.7 Å². The molecule has 3 N–H and O–H groups in total. The number of rotatable bonds is 6. The van der Waals surface area contributed by atoms with Gasteiger partial charge in [-0.15, -0.1) is 23.1 Å². The second-order valence-electron chi connectivity index (χ2n) is 6.75. The first-order valence-corrected chi connectivity index (χ1v) is 11.4. The third kappa shape index (κ3) is 3.31. The summed E-state index contributed by atoms with van der Waals surface area (Å²) in [5.74, 6) is -5.08. The summed E-state index contributed by atoms with van der Waals surface area (Å²) < 4.78 is 16.3. The van der Waals surface area contributed by atoms with Crippen LogP contribution in [0.1, 0.15) is 24.6 Å². The van der Waals surface area contributed by atoms with Crippen molar-refractivity contribution in [3.05, 3.63) is 22.4 Å². The number of fused-ring (bicyclic) bond motifs is 1. The predicted octanol–water partition coefficient (Wildman–Crippen LogP) is 1.25. The van der Waals surface area contributed by atoms with Gasteiger partial charge in [0.05, 0.1) is 0 Å². The van der Waals surface area contributed by atoms with Crippen LogP contribution < -0.4 is 5.32 Å². The van der Waals surface area contributed by atoms with E-state index >= 15 is 0 Å². The molecule has 1 aromatic rings. The van der Waals surface area contributed by atoms with Gasteiger partial charge in [-0.3, -0.25) is 18.9 Å². The molecule has 148 valence electrons. The second kappa shape index (κ2) is 6.89. The van der Waals surface area contributed by atoms with Gasteiger partial charge in [-0.05, 0) is 25.3 Å². The van der Waals surface area contributed by atoms with E-state index in [1.54, 1.807) is 31.4 Å². The van der Waals surface area contributed by atoms with Crippen molar-refractivity contribution in [3.8, 4) is 0 Å². The van der Waals surface area contributed by atoms with Crippen LogP contribution in [0.25, 0.3) is 0 Å². The summed E-state index contributed by atoms with van der Waals surface area (Å²) in [6.45, 7) is 3.45. The number of β-lactam (4-membered cyclic amide) rings is 1. The zero-order valence-electron chi connectivity index (χ0n) is 14.7. The van der Waals surface area contributed by atoms with Crippen molar-refractivity contribution < 1.29 is 33.5 Å². The minimum absolute atomic E-state index is 0.361. The number of thiophene rings is 1. The maximum Gasteiger partial charge on any atom is 0.351 e. The average Bonchev–Trinajstić information content (AvgIpc) is 3.17. The van der Waals surface area contributed by atoms with Gasteiger partial charge in [-0.1, -0.05) is 6.07 Å². The average molecular weight is 434 g/mol. The number of carboxylic acids is 1. The normalized spacial score (nSPS) is 29.4. The fourth-order valence-corrected chi connectivity index (χ4v) is 7.98. The van der Waals surface area contributed by atoms with Crippen LogP contribution in [0.5, 0.6) is 0 Å². The Bertz CT molecular complexity index is 828. The summed E-state index contributed by atoms with van der Waals surface area (Å²) in [4.78, 5) is 48.4. The summed E-state index contributed by atoms with van der Waals surface area (Å²) in [5, 5.41) is 13.0. The summed E-state index contributed by atoms with van der Waals surface area (Å²) in [6, 6.07) is 2.23. The number of aliphatic carboxylic acids is 1. The fourth-order valence-electron chi connectivity index (χ4n) is 3.42. The van der Waals surface area contributed by atoms with Crippen molar-refractivity contribution in [1.82, 2.24) is 10.2 Å². The highest BCUT2D eigenvalue weighted by atomic mass is 32.2. The van der Waals surface area contributed by atoms with Crippen molar-refractivity contribution in [1.29, 1.82) is 0 Å². The first-order chi connectivity index (χ1) is 12.5. The van der Waals surface area contributed by atoms with E-state index in [9.17, 15) is 28.9 Å². The van der Waals surface area contributed by atoms with Crippen molar-refractivity contribution in [3.63, 3.8) is 0 Å². The Morgan fingerprint density at radius 3 is 2.63 bits per heavy atom. The van der Waals surface area contributed by atoms with Gasteiger partial charge in [-0.25, -0.2) is 0 Å². The van der Waals surface area contributed by atoms with Crippen molar-refractivity contribution in [2.75, 3.05) is 7.11 Å². The molecule has 0 radical (unpaired) electrons. The standard InChI is InChI=1S/C15H19N2O7PS2/c1-15(2)14(25(22,23)24-3)17-11(19)9(12(17)27-15)16-10(18)8(13(20)21)7-5-4-6-26-7/h4-6,8-9,12,14H,1-3H3,(H,16,18)(H,20,21)(H,22,23)/t8?,9?,12-,14?/m0/s1. The Labute approximate surface area is 163 Å². The largest absolute Gasteiger partial charge is 0.480 e. The van der Waals surface area contributed by atoms with Crippen LogP contribution in [0.4, 0.5) is 0 Å². The topological polar surface area (TPSA) is 133 Å². The van der Waals surface area contributed by atoms with Crippen LogP contribution in [0.15, 0.2) is 17.5 Å². The maximum absolute atomic E-state index is 12.6. The number of carboxylic acid groups (broad SMARTS) is 1. The summed E-state index contributed by atoms with van der Waals surface area (Å²) in [5.41, 5.74) is 0. The SMILES string of the molecule is COP(=O)(O)C1N2C(=O)C(NC(=O)C(C(=O)O)c3cccs3)[C@@H]2SC1(C)C. The van der Waals surface area contributed by atoms with E-state index in [-0.39, 0.29) is 0 Å². The number of hydrogen-bond acceptors (Lipinski definition) is 7. The molecule has 3 heterocycles. The van der Waals surface area contributed by atoms with Crippen LogP contribution in [-0.4, -0.2) is 61.7 Å². The number of carbonyl (C=O) groups is 3. The van der Waals surface area contributed by atoms with Crippen LogP contribution in [0, 0.1) is 0 Å². The third-order valence-corrected chi connectivity index (χ3v) is 9.31. The summed E-state index contributed by atoms with van der Waals surface area (Å²) in [7, 11) is -2.97. The second-order valence-corrected chi connectivity index (χ2v) is 11.5. The van der Waals surface area contributed by atoms with E-state index in [0.29, 0.717) is 4.88 Å². The Kier molecular flexibility index (Phi) is 5.19. The number of nitrogens with zero attached hydrogens (tertiary/aromatic N) is 1. The quantitative estimate of drug-likeness (QED) is 0.346. The first kappa shape index (κ1) is 20.3. The highest BCUT2D eigenvalue weighted by Crippen LogP contribution is 2.64. The fraction of sp³-hybridized carbons (Fsp3) is 0.533. The summed E-state index contributed by atoms with van der Waals surface area (Å²) >= 11 is 2.41.